The first-order valence-corrected chi connectivity index (χ1v) is 7.65. The van der Waals surface area contributed by atoms with Gasteiger partial charge in [0.2, 0.25) is 0 Å². The molecule has 0 saturated carbocycles. The number of methoxy groups -OCH3 is 1. The summed E-state index contributed by atoms with van der Waals surface area (Å²) in [7, 11) is 1.64. The van der Waals surface area contributed by atoms with E-state index in [-0.39, 0.29) is 0 Å². The van der Waals surface area contributed by atoms with Crippen molar-refractivity contribution in [3.8, 4) is 16.9 Å². The van der Waals surface area contributed by atoms with Crippen LogP contribution in [0, 0.1) is 0 Å². The molecule has 0 radical (unpaired) electrons. The molecule has 0 spiro atoms. The third kappa shape index (κ3) is 3.30. The number of hydrogen-bond acceptors (Lipinski definition) is 4. The molecule has 0 aliphatic rings. The average molecular weight is 321 g/mol. The summed E-state index contributed by atoms with van der Waals surface area (Å²) >= 11 is 0. The fraction of sp³-hybridized carbons (Fsp3) is 0.158. The quantitative estimate of drug-likeness (QED) is 0.442. The fourth-order valence-corrected chi connectivity index (χ4v) is 2.58. The first kappa shape index (κ1) is 15.8. The van der Waals surface area contributed by atoms with Crippen LogP contribution in [0.25, 0.3) is 11.1 Å². The Balaban J connectivity index is 1.94. The topological polar surface area (TPSA) is 59.6 Å². The highest BCUT2D eigenvalue weighted by Gasteiger charge is 2.11. The fourth-order valence-electron chi connectivity index (χ4n) is 2.58. The molecule has 24 heavy (non-hydrogen) atoms. The Morgan fingerprint density at radius 1 is 1.21 bits per heavy atom. The standard InChI is InChI=1S/C19H19N3O2/c1-14(21-23)16-8-9-19(24-2)18(10-16)17-11-20-22(13-17)12-15-6-4-3-5-7-15/h3-11,13,23H,12H2,1-2H3/b21-14+. The minimum Gasteiger partial charge on any atom is -0.496 e. The molecule has 5 nitrogen and oxygen atoms in total. The third-order valence-electron chi connectivity index (χ3n) is 3.90. The van der Waals surface area contributed by atoms with Gasteiger partial charge in [-0.2, -0.15) is 5.10 Å². The number of hydrogen-bond donors (Lipinski definition) is 1. The van der Waals surface area contributed by atoms with Gasteiger partial charge in [0.1, 0.15) is 5.75 Å². The van der Waals surface area contributed by atoms with E-state index < -0.39 is 0 Å². The molecule has 122 valence electrons. The van der Waals surface area contributed by atoms with Gasteiger partial charge in [-0.3, -0.25) is 4.68 Å². The van der Waals surface area contributed by atoms with Gasteiger partial charge in [0.25, 0.3) is 0 Å². The van der Waals surface area contributed by atoms with Gasteiger partial charge in [0.05, 0.1) is 25.6 Å². The normalized spacial score (nSPS) is 11.5. The maximum atomic E-state index is 8.98. The Labute approximate surface area is 140 Å². The van der Waals surface area contributed by atoms with Gasteiger partial charge >= 0.3 is 0 Å². The Kier molecular flexibility index (Phi) is 4.61. The number of rotatable bonds is 5. The molecule has 3 rings (SSSR count). The first-order chi connectivity index (χ1) is 11.7. The van der Waals surface area contributed by atoms with Gasteiger partial charge in [0, 0.05) is 17.3 Å². The minimum atomic E-state index is 0.551. The van der Waals surface area contributed by atoms with Crippen molar-refractivity contribution < 1.29 is 9.94 Å². The van der Waals surface area contributed by atoms with Gasteiger partial charge in [-0.25, -0.2) is 0 Å². The molecule has 1 aromatic heterocycles. The largest absolute Gasteiger partial charge is 0.496 e. The van der Waals surface area contributed by atoms with Crippen molar-refractivity contribution in [1.82, 2.24) is 9.78 Å². The SMILES string of the molecule is COc1ccc(/C(C)=N/O)cc1-c1cnn(Cc2ccccc2)c1. The Morgan fingerprint density at radius 2 is 2.00 bits per heavy atom. The van der Waals surface area contributed by atoms with E-state index in [1.54, 1.807) is 14.0 Å². The van der Waals surface area contributed by atoms with Crippen LogP contribution in [0.3, 0.4) is 0 Å². The van der Waals surface area contributed by atoms with Crippen LogP contribution < -0.4 is 4.74 Å². The molecule has 5 heteroatoms. The lowest BCUT2D eigenvalue weighted by Crippen LogP contribution is -1.99. The zero-order chi connectivity index (χ0) is 16.9. The molecule has 0 aliphatic heterocycles. The summed E-state index contributed by atoms with van der Waals surface area (Å²) in [5, 5.41) is 16.7. The predicted molar refractivity (Wildman–Crippen MR) is 93.8 cm³/mol. The van der Waals surface area contributed by atoms with Crippen LogP contribution in [0.15, 0.2) is 66.1 Å². The van der Waals surface area contributed by atoms with Gasteiger partial charge in [-0.05, 0) is 36.2 Å². The number of benzene rings is 2. The maximum absolute atomic E-state index is 8.98. The summed E-state index contributed by atoms with van der Waals surface area (Å²) in [5.41, 5.74) is 4.45. The molecule has 0 amide bonds. The van der Waals surface area contributed by atoms with Gasteiger partial charge in [0.15, 0.2) is 0 Å². The summed E-state index contributed by atoms with van der Waals surface area (Å²) in [6.45, 7) is 2.46. The second-order valence-electron chi connectivity index (χ2n) is 5.51. The number of nitrogens with zero attached hydrogens (tertiary/aromatic N) is 3. The maximum Gasteiger partial charge on any atom is 0.126 e. The Morgan fingerprint density at radius 3 is 2.71 bits per heavy atom. The summed E-state index contributed by atoms with van der Waals surface area (Å²) in [4.78, 5) is 0. The van der Waals surface area contributed by atoms with Crippen molar-refractivity contribution in [3.05, 3.63) is 72.1 Å². The van der Waals surface area contributed by atoms with Gasteiger partial charge in [-0.1, -0.05) is 35.5 Å². The van der Waals surface area contributed by atoms with Crippen LogP contribution >= 0.6 is 0 Å². The zero-order valence-electron chi connectivity index (χ0n) is 13.7. The highest BCUT2D eigenvalue weighted by atomic mass is 16.5. The number of oxime groups is 1. The Hall–Kier alpha value is -3.08. The Bertz CT molecular complexity index is 854. The molecule has 3 aromatic rings. The molecular weight excluding hydrogens is 302 g/mol. The van der Waals surface area contributed by atoms with E-state index in [2.05, 4.69) is 22.4 Å². The molecule has 0 saturated heterocycles. The van der Waals surface area contributed by atoms with E-state index in [0.717, 1.165) is 22.4 Å². The second-order valence-corrected chi connectivity index (χ2v) is 5.51. The van der Waals surface area contributed by atoms with E-state index in [4.69, 9.17) is 9.94 Å². The van der Waals surface area contributed by atoms with Crippen molar-refractivity contribution in [2.24, 2.45) is 5.16 Å². The monoisotopic (exact) mass is 321 g/mol. The van der Waals surface area contributed by atoms with Crippen LogP contribution in [0.2, 0.25) is 0 Å². The summed E-state index contributed by atoms with van der Waals surface area (Å²) in [5.74, 6) is 0.753. The molecule has 0 bridgehead atoms. The molecule has 1 heterocycles. The molecular formula is C19H19N3O2. The molecule has 0 fully saturated rings. The van der Waals surface area contributed by atoms with Crippen molar-refractivity contribution in [2.75, 3.05) is 7.11 Å². The van der Waals surface area contributed by atoms with Crippen molar-refractivity contribution >= 4 is 5.71 Å². The van der Waals surface area contributed by atoms with Crippen LogP contribution in [0.4, 0.5) is 0 Å². The first-order valence-electron chi connectivity index (χ1n) is 7.65. The van der Waals surface area contributed by atoms with Crippen molar-refractivity contribution in [3.63, 3.8) is 0 Å². The summed E-state index contributed by atoms with van der Waals surface area (Å²) in [6.07, 6.45) is 3.80. The molecule has 2 aromatic carbocycles. The molecule has 0 unspecified atom stereocenters. The lowest BCUT2D eigenvalue weighted by Gasteiger charge is -2.09. The minimum absolute atomic E-state index is 0.551. The third-order valence-corrected chi connectivity index (χ3v) is 3.90. The van der Waals surface area contributed by atoms with E-state index in [1.807, 2.05) is 53.5 Å². The lowest BCUT2D eigenvalue weighted by atomic mass is 10.0. The highest BCUT2D eigenvalue weighted by molar-refractivity contribution is 5.99. The average Bonchev–Trinajstić information content (AvgIpc) is 3.09. The second kappa shape index (κ2) is 7.00. The predicted octanol–water partition coefficient (Wildman–Crippen LogP) is 3.81. The van der Waals surface area contributed by atoms with E-state index in [0.29, 0.717) is 12.3 Å². The zero-order valence-corrected chi connectivity index (χ0v) is 13.7. The van der Waals surface area contributed by atoms with Crippen LogP contribution in [0.5, 0.6) is 5.75 Å². The van der Waals surface area contributed by atoms with E-state index >= 15 is 0 Å². The van der Waals surface area contributed by atoms with Crippen LogP contribution in [-0.4, -0.2) is 27.8 Å². The summed E-state index contributed by atoms with van der Waals surface area (Å²) in [6, 6.07) is 15.9. The number of aromatic nitrogens is 2. The smallest absolute Gasteiger partial charge is 0.126 e. The van der Waals surface area contributed by atoms with Crippen LogP contribution in [0.1, 0.15) is 18.1 Å². The molecule has 1 N–H and O–H groups in total. The lowest BCUT2D eigenvalue weighted by molar-refractivity contribution is 0.319. The molecule has 0 atom stereocenters. The number of ether oxygens (including phenoxy) is 1. The highest BCUT2D eigenvalue weighted by Crippen LogP contribution is 2.31. The van der Waals surface area contributed by atoms with Gasteiger partial charge < -0.3 is 9.94 Å². The van der Waals surface area contributed by atoms with Crippen LogP contribution in [-0.2, 0) is 6.54 Å². The molecule has 0 aliphatic carbocycles. The van der Waals surface area contributed by atoms with E-state index in [9.17, 15) is 0 Å². The van der Waals surface area contributed by atoms with Crippen molar-refractivity contribution in [1.29, 1.82) is 0 Å². The van der Waals surface area contributed by atoms with Crippen molar-refractivity contribution in [2.45, 2.75) is 13.5 Å². The van der Waals surface area contributed by atoms with E-state index in [1.165, 1.54) is 5.56 Å². The van der Waals surface area contributed by atoms with Gasteiger partial charge in [-0.15, -0.1) is 0 Å². The summed E-state index contributed by atoms with van der Waals surface area (Å²) < 4.78 is 7.35.